The fraction of sp³-hybridized carbons (Fsp3) is 0.263. The van der Waals surface area contributed by atoms with E-state index in [0.717, 1.165) is 17.2 Å². The lowest BCUT2D eigenvalue weighted by atomic mass is 10.1. The van der Waals surface area contributed by atoms with Gasteiger partial charge >= 0.3 is 0 Å². The van der Waals surface area contributed by atoms with Crippen molar-refractivity contribution in [3.8, 4) is 17.2 Å². The zero-order chi connectivity index (χ0) is 18.4. The third kappa shape index (κ3) is 2.52. The summed E-state index contributed by atoms with van der Waals surface area (Å²) in [6.07, 6.45) is 5.98. The highest BCUT2D eigenvalue weighted by Crippen LogP contribution is 2.32. The van der Waals surface area contributed by atoms with Crippen LogP contribution in [0.1, 0.15) is 12.5 Å². The summed E-state index contributed by atoms with van der Waals surface area (Å²) in [6, 6.07) is 11.4. The maximum atomic E-state index is 12.2. The van der Waals surface area contributed by atoms with Gasteiger partial charge in [-0.05, 0) is 24.6 Å². The second kappa shape index (κ2) is 6.08. The number of carbonyl (C=O) groups excluding carboxylic acids is 2. The Labute approximate surface area is 155 Å². The first-order valence-electron chi connectivity index (χ1n) is 8.92. The molecule has 2 aliphatic heterocycles. The third-order valence-electron chi connectivity index (χ3n) is 5.25. The first kappa shape index (κ1) is 15.8. The van der Waals surface area contributed by atoms with Gasteiger partial charge in [0.1, 0.15) is 11.7 Å². The van der Waals surface area contributed by atoms with Gasteiger partial charge in [0.25, 0.3) is 0 Å². The Morgan fingerprint density at radius 1 is 1.07 bits per heavy atom. The first-order valence-corrected chi connectivity index (χ1v) is 8.92. The van der Waals surface area contributed by atoms with Crippen LogP contribution in [-0.2, 0) is 9.59 Å². The minimum absolute atomic E-state index is 0.000534. The summed E-state index contributed by atoms with van der Waals surface area (Å²) >= 11 is 0. The summed E-state index contributed by atoms with van der Waals surface area (Å²) in [7, 11) is 0. The van der Waals surface area contributed by atoms with Crippen LogP contribution >= 0.6 is 0 Å². The van der Waals surface area contributed by atoms with Gasteiger partial charge in [0, 0.05) is 18.9 Å². The normalized spacial score (nSPS) is 22.0. The summed E-state index contributed by atoms with van der Waals surface area (Å²) in [5, 5.41) is 7.11. The molecular formula is C19H18N6O2. The van der Waals surface area contributed by atoms with Crippen molar-refractivity contribution in [3.05, 3.63) is 55.0 Å². The van der Waals surface area contributed by atoms with Crippen molar-refractivity contribution in [2.24, 2.45) is 0 Å². The van der Waals surface area contributed by atoms with Crippen molar-refractivity contribution in [2.75, 3.05) is 13.1 Å². The van der Waals surface area contributed by atoms with Gasteiger partial charge in [-0.2, -0.15) is 5.10 Å². The minimum atomic E-state index is -0.398. The molecule has 8 nitrogen and oxygen atoms in total. The van der Waals surface area contributed by atoms with E-state index in [-0.39, 0.29) is 24.4 Å². The molecule has 136 valence electrons. The number of para-hydroxylation sites is 1. The number of hydrogen-bond donors (Lipinski definition) is 1. The number of nitrogens with one attached hydrogen (secondary N) is 1. The van der Waals surface area contributed by atoms with E-state index in [4.69, 9.17) is 0 Å². The largest absolute Gasteiger partial charge is 0.345 e. The molecule has 5 rings (SSSR count). The van der Waals surface area contributed by atoms with Crippen LogP contribution in [0, 0.1) is 0 Å². The molecule has 27 heavy (non-hydrogen) atoms. The highest BCUT2D eigenvalue weighted by atomic mass is 16.2. The summed E-state index contributed by atoms with van der Waals surface area (Å²) in [4.78, 5) is 30.5. The molecule has 1 aromatic carbocycles. The number of benzene rings is 1. The van der Waals surface area contributed by atoms with Crippen LogP contribution in [0.3, 0.4) is 0 Å². The number of hydrogen-bond acceptors (Lipinski definition) is 4. The Morgan fingerprint density at radius 2 is 1.93 bits per heavy atom. The molecule has 0 bridgehead atoms. The Kier molecular flexibility index (Phi) is 3.56. The van der Waals surface area contributed by atoms with Crippen molar-refractivity contribution >= 4 is 11.8 Å². The maximum absolute atomic E-state index is 12.2. The molecule has 0 radical (unpaired) electrons. The Hall–Kier alpha value is -3.42. The lowest BCUT2D eigenvalue weighted by molar-refractivity contribution is -0.143. The predicted molar refractivity (Wildman–Crippen MR) is 96.9 cm³/mol. The zero-order valence-corrected chi connectivity index (χ0v) is 14.5. The Balaban J connectivity index is 1.51. The molecule has 2 saturated heterocycles. The van der Waals surface area contributed by atoms with Crippen molar-refractivity contribution in [3.63, 3.8) is 0 Å². The highest BCUT2D eigenvalue weighted by Gasteiger charge is 2.43. The standard InChI is InChI=1S/C19H18N6O2/c26-17-11-21-19(27)16-10-14(12-24(16)17)23-9-8-20-18(23)15-6-7-22-25(15)13-4-2-1-3-5-13/h1-9,14,16H,10-12H2,(H,21,27)/t14-,16+/m1/s1. The van der Waals surface area contributed by atoms with Crippen LogP contribution in [-0.4, -0.2) is 55.2 Å². The number of aromatic nitrogens is 4. The maximum Gasteiger partial charge on any atom is 0.243 e. The highest BCUT2D eigenvalue weighted by molar-refractivity contribution is 5.95. The smallest absolute Gasteiger partial charge is 0.243 e. The summed E-state index contributed by atoms with van der Waals surface area (Å²) < 4.78 is 3.90. The van der Waals surface area contributed by atoms with Crippen LogP contribution in [0.25, 0.3) is 17.2 Å². The van der Waals surface area contributed by atoms with Gasteiger partial charge in [0.05, 0.1) is 24.5 Å². The van der Waals surface area contributed by atoms with E-state index < -0.39 is 6.04 Å². The molecule has 1 N–H and O–H groups in total. The van der Waals surface area contributed by atoms with Gasteiger partial charge in [0.15, 0.2) is 5.82 Å². The SMILES string of the molecule is O=C1NCC(=O)N2C[C@H](n3ccnc3-c3ccnn3-c3ccccc3)C[C@@H]12. The van der Waals surface area contributed by atoms with E-state index in [1.54, 1.807) is 17.3 Å². The van der Waals surface area contributed by atoms with Crippen LogP contribution in [0.4, 0.5) is 0 Å². The van der Waals surface area contributed by atoms with E-state index >= 15 is 0 Å². The number of imidazole rings is 1. The summed E-state index contributed by atoms with van der Waals surface area (Å²) in [5.41, 5.74) is 1.82. The van der Waals surface area contributed by atoms with E-state index in [9.17, 15) is 9.59 Å². The molecule has 4 heterocycles. The van der Waals surface area contributed by atoms with Crippen LogP contribution in [0.2, 0.25) is 0 Å². The molecule has 2 aromatic heterocycles. The van der Waals surface area contributed by atoms with Gasteiger partial charge in [-0.25, -0.2) is 9.67 Å². The number of rotatable bonds is 3. The molecule has 3 aromatic rings. The third-order valence-corrected chi connectivity index (χ3v) is 5.25. The predicted octanol–water partition coefficient (Wildman–Crippen LogP) is 1.01. The lowest BCUT2D eigenvalue weighted by Gasteiger charge is -2.28. The van der Waals surface area contributed by atoms with Crippen LogP contribution in [0.15, 0.2) is 55.0 Å². The van der Waals surface area contributed by atoms with Crippen molar-refractivity contribution in [2.45, 2.75) is 18.5 Å². The molecular weight excluding hydrogens is 344 g/mol. The van der Waals surface area contributed by atoms with E-state index in [0.29, 0.717) is 13.0 Å². The minimum Gasteiger partial charge on any atom is -0.345 e. The number of amides is 2. The van der Waals surface area contributed by atoms with E-state index in [1.807, 2.05) is 47.3 Å². The zero-order valence-electron chi connectivity index (χ0n) is 14.5. The molecule has 2 aliphatic rings. The molecule has 0 unspecified atom stereocenters. The Bertz CT molecular complexity index is 984. The molecule has 2 amide bonds. The van der Waals surface area contributed by atoms with Crippen molar-refractivity contribution in [1.29, 1.82) is 0 Å². The van der Waals surface area contributed by atoms with Gasteiger partial charge in [-0.1, -0.05) is 18.2 Å². The summed E-state index contributed by atoms with van der Waals surface area (Å²) in [6.45, 7) is 0.597. The van der Waals surface area contributed by atoms with Crippen LogP contribution in [0.5, 0.6) is 0 Å². The van der Waals surface area contributed by atoms with E-state index in [1.165, 1.54) is 0 Å². The van der Waals surface area contributed by atoms with Gasteiger partial charge in [0.2, 0.25) is 11.8 Å². The molecule has 8 heteroatoms. The summed E-state index contributed by atoms with van der Waals surface area (Å²) in [5.74, 6) is 0.667. The second-order valence-electron chi connectivity index (χ2n) is 6.79. The molecule has 0 saturated carbocycles. The molecule has 0 spiro atoms. The average molecular weight is 362 g/mol. The second-order valence-corrected chi connectivity index (χ2v) is 6.79. The van der Waals surface area contributed by atoms with E-state index in [2.05, 4.69) is 20.0 Å². The van der Waals surface area contributed by atoms with Crippen molar-refractivity contribution < 1.29 is 9.59 Å². The molecule has 2 atom stereocenters. The fourth-order valence-electron chi connectivity index (χ4n) is 3.98. The van der Waals surface area contributed by atoms with Gasteiger partial charge in [-0.3, -0.25) is 9.59 Å². The number of nitrogens with zero attached hydrogens (tertiary/aromatic N) is 5. The lowest BCUT2D eigenvalue weighted by Crippen LogP contribution is -2.55. The average Bonchev–Trinajstić information content (AvgIpc) is 3.43. The fourth-order valence-corrected chi connectivity index (χ4v) is 3.98. The van der Waals surface area contributed by atoms with Crippen molar-refractivity contribution in [1.82, 2.24) is 29.5 Å². The quantitative estimate of drug-likeness (QED) is 0.754. The molecule has 2 fully saturated rings. The Morgan fingerprint density at radius 3 is 2.74 bits per heavy atom. The number of fused-ring (bicyclic) bond motifs is 1. The number of piperazine rings is 1. The number of carbonyl (C=O) groups is 2. The van der Waals surface area contributed by atoms with Gasteiger partial charge < -0.3 is 14.8 Å². The first-order chi connectivity index (χ1) is 13.2. The van der Waals surface area contributed by atoms with Crippen LogP contribution < -0.4 is 5.32 Å². The van der Waals surface area contributed by atoms with Gasteiger partial charge in [-0.15, -0.1) is 0 Å². The monoisotopic (exact) mass is 362 g/mol. The molecule has 0 aliphatic carbocycles. The topological polar surface area (TPSA) is 85.1 Å².